The monoisotopic (exact) mass is 444 g/mol. The highest BCUT2D eigenvalue weighted by Crippen LogP contribution is 2.11. The van der Waals surface area contributed by atoms with Crippen LogP contribution in [-0.2, 0) is 11.3 Å². The van der Waals surface area contributed by atoms with E-state index in [9.17, 15) is 4.79 Å². The van der Waals surface area contributed by atoms with Gasteiger partial charge in [0, 0.05) is 32.1 Å². The van der Waals surface area contributed by atoms with Gasteiger partial charge in [0.05, 0.1) is 6.54 Å². The molecule has 6 heteroatoms. The van der Waals surface area contributed by atoms with E-state index in [1.807, 2.05) is 24.0 Å². The van der Waals surface area contributed by atoms with E-state index in [0.717, 1.165) is 32.0 Å². The quantitative estimate of drug-likeness (QED) is 0.417. The zero-order chi connectivity index (χ0) is 16.7. The van der Waals surface area contributed by atoms with Gasteiger partial charge in [0.2, 0.25) is 5.91 Å². The standard InChI is InChI=1S/C18H28N4O.HI/c1-4-17(23)22-11-10-16(13-22)21-18(19-5-2)20-12-15-9-7-6-8-14(15)3;/h6-9,16H,4-5,10-13H2,1-3H3,(H2,19,20,21);1H. The van der Waals surface area contributed by atoms with Crippen LogP contribution in [0.1, 0.15) is 37.8 Å². The normalized spacial score (nSPS) is 17.4. The van der Waals surface area contributed by atoms with E-state index in [1.165, 1.54) is 11.1 Å². The van der Waals surface area contributed by atoms with Gasteiger partial charge >= 0.3 is 0 Å². The predicted molar refractivity (Wildman–Crippen MR) is 110 cm³/mol. The third-order valence-corrected chi connectivity index (χ3v) is 4.20. The minimum absolute atomic E-state index is 0. The first kappa shape index (κ1) is 20.7. The minimum Gasteiger partial charge on any atom is -0.357 e. The Hall–Kier alpha value is -1.31. The molecule has 1 atom stereocenters. The number of benzene rings is 1. The van der Waals surface area contributed by atoms with Crippen LogP contribution in [0.15, 0.2) is 29.3 Å². The van der Waals surface area contributed by atoms with Crippen molar-refractivity contribution in [3.8, 4) is 0 Å². The number of hydrogen-bond acceptors (Lipinski definition) is 2. The van der Waals surface area contributed by atoms with Gasteiger partial charge in [-0.05, 0) is 31.4 Å². The zero-order valence-corrected chi connectivity index (χ0v) is 17.2. The van der Waals surface area contributed by atoms with Crippen molar-refractivity contribution in [2.75, 3.05) is 19.6 Å². The van der Waals surface area contributed by atoms with Crippen LogP contribution >= 0.6 is 24.0 Å². The van der Waals surface area contributed by atoms with E-state index in [2.05, 4.69) is 41.6 Å². The molecule has 0 bridgehead atoms. The van der Waals surface area contributed by atoms with Crippen LogP contribution in [0.5, 0.6) is 0 Å². The molecule has 2 N–H and O–H groups in total. The molecule has 1 unspecified atom stereocenters. The van der Waals surface area contributed by atoms with Gasteiger partial charge in [0.25, 0.3) is 0 Å². The SMILES string of the molecule is CCNC(=NCc1ccccc1C)NC1CCN(C(=O)CC)C1.I. The lowest BCUT2D eigenvalue weighted by molar-refractivity contribution is -0.129. The number of aliphatic imine (C=N–C) groups is 1. The molecule has 1 aliphatic heterocycles. The number of aryl methyl sites for hydroxylation is 1. The van der Waals surface area contributed by atoms with Crippen LogP contribution in [-0.4, -0.2) is 42.4 Å². The fourth-order valence-electron chi connectivity index (χ4n) is 2.79. The molecule has 134 valence electrons. The van der Waals surface area contributed by atoms with Crippen LogP contribution in [0.2, 0.25) is 0 Å². The van der Waals surface area contributed by atoms with Crippen molar-refractivity contribution in [2.45, 2.75) is 46.2 Å². The fraction of sp³-hybridized carbons (Fsp3) is 0.556. The van der Waals surface area contributed by atoms with E-state index >= 15 is 0 Å². The molecule has 1 fully saturated rings. The summed E-state index contributed by atoms with van der Waals surface area (Å²) in [5.74, 6) is 1.06. The van der Waals surface area contributed by atoms with Gasteiger partial charge in [-0.1, -0.05) is 31.2 Å². The largest absolute Gasteiger partial charge is 0.357 e. The van der Waals surface area contributed by atoms with Crippen molar-refractivity contribution in [1.82, 2.24) is 15.5 Å². The Morgan fingerprint density at radius 1 is 1.33 bits per heavy atom. The van der Waals surface area contributed by atoms with Crippen molar-refractivity contribution in [3.63, 3.8) is 0 Å². The molecule has 1 heterocycles. The van der Waals surface area contributed by atoms with Gasteiger partial charge in [-0.25, -0.2) is 4.99 Å². The summed E-state index contributed by atoms with van der Waals surface area (Å²) in [7, 11) is 0. The Labute approximate surface area is 162 Å². The van der Waals surface area contributed by atoms with Gasteiger partial charge in [-0.3, -0.25) is 4.79 Å². The molecule has 0 radical (unpaired) electrons. The van der Waals surface area contributed by atoms with Crippen LogP contribution in [0.25, 0.3) is 0 Å². The molecule has 2 rings (SSSR count). The number of rotatable bonds is 5. The average molecular weight is 444 g/mol. The summed E-state index contributed by atoms with van der Waals surface area (Å²) in [6, 6.07) is 8.59. The van der Waals surface area contributed by atoms with Crippen molar-refractivity contribution >= 4 is 35.8 Å². The molecule has 0 aliphatic carbocycles. The van der Waals surface area contributed by atoms with Crippen molar-refractivity contribution in [1.29, 1.82) is 0 Å². The Balaban J connectivity index is 0.00000288. The molecule has 0 aromatic heterocycles. The maximum absolute atomic E-state index is 11.8. The van der Waals surface area contributed by atoms with E-state index in [0.29, 0.717) is 13.0 Å². The first-order valence-corrected chi connectivity index (χ1v) is 8.51. The number of halogens is 1. The van der Waals surface area contributed by atoms with Crippen molar-refractivity contribution in [3.05, 3.63) is 35.4 Å². The zero-order valence-electron chi connectivity index (χ0n) is 14.8. The first-order chi connectivity index (χ1) is 11.1. The fourth-order valence-corrected chi connectivity index (χ4v) is 2.79. The van der Waals surface area contributed by atoms with Gasteiger partial charge in [-0.2, -0.15) is 0 Å². The summed E-state index contributed by atoms with van der Waals surface area (Å²) in [5.41, 5.74) is 2.49. The summed E-state index contributed by atoms with van der Waals surface area (Å²) in [6.07, 6.45) is 1.55. The van der Waals surface area contributed by atoms with E-state index in [-0.39, 0.29) is 35.9 Å². The second-order valence-electron chi connectivity index (χ2n) is 5.94. The van der Waals surface area contributed by atoms with E-state index in [1.54, 1.807) is 0 Å². The molecule has 0 saturated carbocycles. The lowest BCUT2D eigenvalue weighted by Gasteiger charge is -2.18. The highest BCUT2D eigenvalue weighted by molar-refractivity contribution is 14.0. The van der Waals surface area contributed by atoms with Gasteiger partial charge in [-0.15, -0.1) is 24.0 Å². The van der Waals surface area contributed by atoms with Crippen molar-refractivity contribution in [2.24, 2.45) is 4.99 Å². The lowest BCUT2D eigenvalue weighted by atomic mass is 10.1. The maximum Gasteiger partial charge on any atom is 0.222 e. The Morgan fingerprint density at radius 2 is 2.08 bits per heavy atom. The summed E-state index contributed by atoms with van der Waals surface area (Å²) >= 11 is 0. The Kier molecular flexibility index (Phi) is 9.10. The molecular formula is C18H29IN4O. The molecule has 24 heavy (non-hydrogen) atoms. The summed E-state index contributed by atoms with van der Waals surface area (Å²) in [4.78, 5) is 18.4. The van der Waals surface area contributed by atoms with E-state index in [4.69, 9.17) is 0 Å². The molecule has 0 spiro atoms. The third-order valence-electron chi connectivity index (χ3n) is 4.20. The second-order valence-corrected chi connectivity index (χ2v) is 5.94. The molecule has 1 saturated heterocycles. The lowest BCUT2D eigenvalue weighted by Crippen LogP contribution is -2.45. The van der Waals surface area contributed by atoms with Crippen LogP contribution in [0.3, 0.4) is 0 Å². The predicted octanol–water partition coefficient (Wildman–Crippen LogP) is 2.68. The van der Waals surface area contributed by atoms with E-state index < -0.39 is 0 Å². The van der Waals surface area contributed by atoms with Crippen LogP contribution in [0.4, 0.5) is 0 Å². The van der Waals surface area contributed by atoms with Crippen LogP contribution in [0, 0.1) is 6.92 Å². The molecule has 1 aromatic rings. The Morgan fingerprint density at radius 3 is 2.75 bits per heavy atom. The van der Waals surface area contributed by atoms with Crippen molar-refractivity contribution < 1.29 is 4.79 Å². The topological polar surface area (TPSA) is 56.7 Å². The maximum atomic E-state index is 11.8. The highest BCUT2D eigenvalue weighted by Gasteiger charge is 2.25. The highest BCUT2D eigenvalue weighted by atomic mass is 127. The first-order valence-electron chi connectivity index (χ1n) is 8.51. The van der Waals surface area contributed by atoms with Crippen LogP contribution < -0.4 is 10.6 Å². The minimum atomic E-state index is 0. The number of guanidine groups is 1. The smallest absolute Gasteiger partial charge is 0.222 e. The number of amides is 1. The number of carbonyl (C=O) groups is 1. The number of nitrogens with zero attached hydrogens (tertiary/aromatic N) is 2. The average Bonchev–Trinajstić information content (AvgIpc) is 3.02. The molecule has 1 amide bonds. The second kappa shape index (κ2) is 10.5. The molecule has 5 nitrogen and oxygen atoms in total. The number of carbonyl (C=O) groups excluding carboxylic acids is 1. The molecule has 1 aromatic carbocycles. The Bertz CT molecular complexity index is 562. The summed E-state index contributed by atoms with van der Waals surface area (Å²) in [5, 5.41) is 6.75. The van der Waals surface area contributed by atoms with Gasteiger partial charge in [0.1, 0.15) is 0 Å². The number of hydrogen-bond donors (Lipinski definition) is 2. The van der Waals surface area contributed by atoms with Gasteiger partial charge in [0.15, 0.2) is 5.96 Å². The molecule has 1 aliphatic rings. The summed E-state index contributed by atoms with van der Waals surface area (Å²) < 4.78 is 0. The number of nitrogens with one attached hydrogen (secondary N) is 2. The third kappa shape index (κ3) is 5.96. The summed E-state index contributed by atoms with van der Waals surface area (Å²) in [6.45, 7) is 9.17. The number of likely N-dealkylation sites (tertiary alicyclic amines) is 1. The van der Waals surface area contributed by atoms with Gasteiger partial charge < -0.3 is 15.5 Å². The molecular weight excluding hydrogens is 415 g/mol.